The zero-order valence-corrected chi connectivity index (χ0v) is 20.1. The fraction of sp³-hybridized carbons (Fsp3) is 0.636. The van der Waals surface area contributed by atoms with Crippen LogP contribution in [0.25, 0.3) is 0 Å². The van der Waals surface area contributed by atoms with E-state index in [1.807, 2.05) is 0 Å². The van der Waals surface area contributed by atoms with Crippen molar-refractivity contribution in [2.45, 2.75) is 38.7 Å². The summed E-state index contributed by atoms with van der Waals surface area (Å²) in [6.45, 7) is 5.08. The van der Waals surface area contributed by atoms with Gasteiger partial charge in [0.2, 0.25) is 0 Å². The topological polar surface area (TPSA) is 63.2 Å². The molecule has 0 bridgehead atoms. The molecule has 3 atom stereocenters. The van der Waals surface area contributed by atoms with Crippen LogP contribution in [0.4, 0.5) is 0 Å². The molecule has 1 aromatic rings. The van der Waals surface area contributed by atoms with E-state index in [-0.39, 0.29) is 47.9 Å². The number of fused-ring (bicyclic) bond motifs is 1. The number of hydrogen-bond acceptors (Lipinski definition) is 4. The molecule has 1 saturated heterocycles. The van der Waals surface area contributed by atoms with Gasteiger partial charge in [-0.25, -0.2) is 0 Å². The van der Waals surface area contributed by atoms with Crippen LogP contribution in [0.15, 0.2) is 29.3 Å². The van der Waals surface area contributed by atoms with Gasteiger partial charge in [-0.15, -0.1) is 24.0 Å². The number of hydrogen-bond donors (Lipinski definition) is 1. The first-order valence-corrected chi connectivity index (χ1v) is 10.4. The van der Waals surface area contributed by atoms with Gasteiger partial charge < -0.3 is 19.7 Å². The first-order valence-electron chi connectivity index (χ1n) is 10.4. The van der Waals surface area contributed by atoms with Gasteiger partial charge in [-0.1, -0.05) is 31.2 Å². The normalized spacial score (nSPS) is 23.9. The van der Waals surface area contributed by atoms with Crippen molar-refractivity contribution in [3.63, 3.8) is 0 Å². The van der Waals surface area contributed by atoms with Gasteiger partial charge in [0.25, 0.3) is 0 Å². The number of esters is 1. The lowest BCUT2D eigenvalue weighted by Gasteiger charge is -2.26. The van der Waals surface area contributed by atoms with Crippen molar-refractivity contribution in [1.82, 2.24) is 10.2 Å². The second-order valence-electron chi connectivity index (χ2n) is 7.79. The van der Waals surface area contributed by atoms with E-state index in [2.05, 4.69) is 46.4 Å². The predicted molar refractivity (Wildman–Crippen MR) is 126 cm³/mol. The Bertz CT molecular complexity index is 698. The Morgan fingerprint density at radius 1 is 1.31 bits per heavy atom. The summed E-state index contributed by atoms with van der Waals surface area (Å²) in [5.74, 6) is 0.895. The number of carbonyl (C=O) groups excluding carboxylic acids is 1. The monoisotopic (exact) mass is 515 g/mol. The fourth-order valence-corrected chi connectivity index (χ4v) is 4.31. The second kappa shape index (κ2) is 11.7. The van der Waals surface area contributed by atoms with Crippen molar-refractivity contribution in [3.05, 3.63) is 35.4 Å². The average Bonchev–Trinajstić information content (AvgIpc) is 3.11. The summed E-state index contributed by atoms with van der Waals surface area (Å²) in [7, 11) is 3.24. The number of rotatable bonds is 6. The highest BCUT2D eigenvalue weighted by Gasteiger charge is 2.36. The number of aryl methyl sites for hydroxylation is 1. The Kier molecular flexibility index (Phi) is 9.68. The highest BCUT2D eigenvalue weighted by atomic mass is 127. The van der Waals surface area contributed by atoms with Crippen molar-refractivity contribution >= 4 is 35.9 Å². The number of likely N-dealkylation sites (tertiary alicyclic amines) is 1. The van der Waals surface area contributed by atoms with Crippen LogP contribution < -0.4 is 5.32 Å². The van der Waals surface area contributed by atoms with E-state index in [0.29, 0.717) is 6.54 Å². The third-order valence-electron chi connectivity index (χ3n) is 5.87. The molecule has 1 aliphatic carbocycles. The van der Waals surface area contributed by atoms with E-state index in [9.17, 15) is 4.79 Å². The Balaban J connectivity index is 0.00000300. The molecule has 0 saturated carbocycles. The third-order valence-corrected chi connectivity index (χ3v) is 5.87. The van der Waals surface area contributed by atoms with Gasteiger partial charge in [-0.05, 0) is 42.7 Å². The van der Waals surface area contributed by atoms with E-state index in [1.165, 1.54) is 24.7 Å². The number of benzene rings is 1. The summed E-state index contributed by atoms with van der Waals surface area (Å²) in [4.78, 5) is 18.4. The van der Waals surface area contributed by atoms with Gasteiger partial charge in [0.05, 0.1) is 19.1 Å². The molecule has 1 heterocycles. The number of ether oxygens (including phenoxy) is 2. The maximum atomic E-state index is 11.9. The molecular weight excluding hydrogens is 481 g/mol. The largest absolute Gasteiger partial charge is 0.469 e. The molecule has 29 heavy (non-hydrogen) atoms. The Hall–Kier alpha value is -1.35. The molecule has 2 aliphatic rings. The van der Waals surface area contributed by atoms with Crippen LogP contribution in [0.5, 0.6) is 0 Å². The van der Waals surface area contributed by atoms with Crippen molar-refractivity contribution in [2.24, 2.45) is 16.8 Å². The van der Waals surface area contributed by atoms with Crippen molar-refractivity contribution in [2.75, 3.05) is 40.4 Å². The molecule has 1 aliphatic heterocycles. The number of methoxy groups -OCH3 is 1. The van der Waals surface area contributed by atoms with Gasteiger partial charge in [-0.3, -0.25) is 9.79 Å². The molecule has 7 heteroatoms. The van der Waals surface area contributed by atoms with Crippen LogP contribution in [-0.2, 0) is 20.7 Å². The summed E-state index contributed by atoms with van der Waals surface area (Å²) >= 11 is 0. The Morgan fingerprint density at radius 3 is 2.86 bits per heavy atom. The molecule has 0 radical (unpaired) electrons. The molecule has 1 aromatic carbocycles. The first-order chi connectivity index (χ1) is 13.6. The molecular formula is C22H34IN3O3. The smallest absolute Gasteiger partial charge is 0.310 e. The molecule has 0 spiro atoms. The molecule has 0 amide bonds. The minimum absolute atomic E-state index is 0. The van der Waals surface area contributed by atoms with Crippen LogP contribution in [-0.4, -0.2) is 57.2 Å². The van der Waals surface area contributed by atoms with E-state index >= 15 is 0 Å². The van der Waals surface area contributed by atoms with Crippen molar-refractivity contribution in [1.29, 1.82) is 0 Å². The van der Waals surface area contributed by atoms with Gasteiger partial charge in [0, 0.05) is 33.3 Å². The van der Waals surface area contributed by atoms with Crippen LogP contribution in [0.2, 0.25) is 0 Å². The standard InChI is InChI=1S/C22H33N3O3.HI/c1-16-14-25(15-19(16)21(26)27-3)22(23-2)24-12-7-13-28-20-11-6-9-17-8-4-5-10-18(17)20;/h4-5,8,10,16,19-20H,6-7,9,11-15H2,1-3H3,(H,23,24);1H. The van der Waals surface area contributed by atoms with E-state index in [1.54, 1.807) is 7.05 Å². The highest BCUT2D eigenvalue weighted by molar-refractivity contribution is 14.0. The lowest BCUT2D eigenvalue weighted by Crippen LogP contribution is -2.41. The summed E-state index contributed by atoms with van der Waals surface area (Å²) in [6, 6.07) is 8.63. The minimum atomic E-state index is -0.133. The fourth-order valence-electron chi connectivity index (χ4n) is 4.31. The van der Waals surface area contributed by atoms with Crippen molar-refractivity contribution in [3.8, 4) is 0 Å². The van der Waals surface area contributed by atoms with Crippen LogP contribution in [0, 0.1) is 11.8 Å². The molecule has 3 rings (SSSR count). The zero-order chi connectivity index (χ0) is 19.9. The van der Waals surface area contributed by atoms with E-state index < -0.39 is 0 Å². The molecule has 162 valence electrons. The van der Waals surface area contributed by atoms with Gasteiger partial charge >= 0.3 is 5.97 Å². The van der Waals surface area contributed by atoms with Crippen LogP contribution >= 0.6 is 24.0 Å². The lowest BCUT2D eigenvalue weighted by atomic mass is 9.89. The first kappa shape index (κ1) is 23.9. The average molecular weight is 515 g/mol. The Morgan fingerprint density at radius 2 is 2.10 bits per heavy atom. The number of nitrogens with zero attached hydrogens (tertiary/aromatic N) is 2. The summed E-state index contributed by atoms with van der Waals surface area (Å²) < 4.78 is 11.1. The molecule has 0 aromatic heterocycles. The highest BCUT2D eigenvalue weighted by Crippen LogP contribution is 2.32. The van der Waals surface area contributed by atoms with Crippen LogP contribution in [0.1, 0.15) is 43.4 Å². The summed E-state index contributed by atoms with van der Waals surface area (Å²) in [5.41, 5.74) is 2.79. The SMILES string of the molecule is CN=C(NCCCOC1CCCc2ccccc21)N1CC(C)C(C(=O)OC)C1.I. The van der Waals surface area contributed by atoms with Gasteiger partial charge in [0.15, 0.2) is 5.96 Å². The quantitative estimate of drug-likeness (QED) is 0.207. The number of nitrogens with one attached hydrogen (secondary N) is 1. The third kappa shape index (κ3) is 6.07. The Labute approximate surface area is 191 Å². The maximum absolute atomic E-state index is 11.9. The molecule has 3 unspecified atom stereocenters. The lowest BCUT2D eigenvalue weighted by molar-refractivity contribution is -0.145. The molecule has 6 nitrogen and oxygen atoms in total. The zero-order valence-electron chi connectivity index (χ0n) is 17.7. The van der Waals surface area contributed by atoms with Gasteiger partial charge in [0.1, 0.15) is 0 Å². The maximum Gasteiger partial charge on any atom is 0.310 e. The summed E-state index contributed by atoms with van der Waals surface area (Å²) in [6.07, 6.45) is 4.61. The minimum Gasteiger partial charge on any atom is -0.469 e. The predicted octanol–water partition coefficient (Wildman–Crippen LogP) is 3.41. The number of carbonyl (C=O) groups is 1. The second-order valence-corrected chi connectivity index (χ2v) is 7.79. The molecule has 1 N–H and O–H groups in total. The molecule has 1 fully saturated rings. The van der Waals surface area contributed by atoms with Crippen molar-refractivity contribution < 1.29 is 14.3 Å². The number of aliphatic imine (C=N–C) groups is 1. The number of halogens is 1. The summed E-state index contributed by atoms with van der Waals surface area (Å²) in [5, 5.41) is 3.41. The van der Waals surface area contributed by atoms with Gasteiger partial charge in [-0.2, -0.15) is 0 Å². The van der Waals surface area contributed by atoms with E-state index in [4.69, 9.17) is 9.47 Å². The van der Waals surface area contributed by atoms with Crippen LogP contribution in [0.3, 0.4) is 0 Å². The van der Waals surface area contributed by atoms with E-state index in [0.717, 1.165) is 44.9 Å². The number of guanidine groups is 1.